The Balaban J connectivity index is 3.20. The molecule has 0 aliphatic heterocycles. The fourth-order valence-electron chi connectivity index (χ4n) is 1.89. The van der Waals surface area contributed by atoms with Crippen molar-refractivity contribution in [1.29, 1.82) is 0 Å². The van der Waals surface area contributed by atoms with Gasteiger partial charge in [0.2, 0.25) is 9.64 Å². The molecule has 0 fully saturated rings. The van der Waals surface area contributed by atoms with Gasteiger partial charge in [-0.1, -0.05) is 79.7 Å². The Morgan fingerprint density at radius 1 is 1.00 bits per heavy atom. The summed E-state index contributed by atoms with van der Waals surface area (Å²) in [6.45, 7) is 3.92. The van der Waals surface area contributed by atoms with Crippen LogP contribution in [0.2, 0.25) is 0 Å². The SMILES string of the molecule is CCCCOP(=O)(OCCCC)[C@H](OS(=O)(=O)c1ccccc1)C(Cl)(Cl)Cl. The molecule has 1 rings (SSSR count). The third-order valence-corrected chi connectivity index (χ3v) is 8.00. The molecule has 0 aliphatic rings. The van der Waals surface area contributed by atoms with Crippen LogP contribution in [0.1, 0.15) is 39.5 Å². The summed E-state index contributed by atoms with van der Waals surface area (Å²) in [5, 5.41) is 0. The van der Waals surface area contributed by atoms with E-state index in [1.54, 1.807) is 6.07 Å². The van der Waals surface area contributed by atoms with Crippen LogP contribution in [-0.2, 0) is 27.9 Å². The van der Waals surface area contributed by atoms with E-state index in [0.29, 0.717) is 12.8 Å². The third-order valence-electron chi connectivity index (χ3n) is 3.36. The summed E-state index contributed by atoms with van der Waals surface area (Å²) in [6, 6.07) is 7.28. The zero-order valence-electron chi connectivity index (χ0n) is 15.1. The minimum absolute atomic E-state index is 0.0475. The molecule has 11 heteroatoms. The van der Waals surface area contributed by atoms with Crippen molar-refractivity contribution in [2.45, 2.75) is 54.1 Å². The van der Waals surface area contributed by atoms with Crippen LogP contribution in [0.4, 0.5) is 0 Å². The number of unbranched alkanes of at least 4 members (excludes halogenated alkanes) is 2. The molecule has 0 bridgehead atoms. The summed E-state index contributed by atoms with van der Waals surface area (Å²) in [7, 11) is -8.60. The number of hydrogen-bond donors (Lipinski definition) is 0. The summed E-state index contributed by atoms with van der Waals surface area (Å²) < 4.78 is 51.9. The molecule has 0 spiro atoms. The number of benzene rings is 1. The Bertz CT molecular complexity index is 695. The maximum Gasteiger partial charge on any atom is 0.365 e. The molecule has 0 radical (unpaired) electrons. The fourth-order valence-corrected chi connectivity index (χ4v) is 6.48. The lowest BCUT2D eigenvalue weighted by atomic mass is 10.4. The van der Waals surface area contributed by atoms with Gasteiger partial charge in [0.05, 0.1) is 18.1 Å². The van der Waals surface area contributed by atoms with Crippen LogP contribution in [0, 0.1) is 0 Å². The summed E-state index contributed by atoms with van der Waals surface area (Å²) in [5.74, 6) is -1.95. The van der Waals surface area contributed by atoms with Gasteiger partial charge in [-0.3, -0.25) is 4.57 Å². The minimum atomic E-state index is -4.37. The average molecular weight is 482 g/mol. The maximum absolute atomic E-state index is 13.3. The van der Waals surface area contributed by atoms with E-state index in [-0.39, 0.29) is 18.1 Å². The highest BCUT2D eigenvalue weighted by Gasteiger charge is 2.52. The molecule has 0 aliphatic carbocycles. The molecule has 156 valence electrons. The average Bonchev–Trinajstić information content (AvgIpc) is 2.60. The summed E-state index contributed by atoms with van der Waals surface area (Å²) >= 11 is 17.7. The van der Waals surface area contributed by atoms with Crippen molar-refractivity contribution in [3.8, 4) is 0 Å². The molecule has 0 unspecified atom stereocenters. The minimum Gasteiger partial charge on any atom is -0.307 e. The molecule has 1 aromatic carbocycles. The molecule has 0 amide bonds. The van der Waals surface area contributed by atoms with Gasteiger partial charge < -0.3 is 9.05 Å². The highest BCUT2D eigenvalue weighted by Crippen LogP contribution is 2.61. The van der Waals surface area contributed by atoms with Gasteiger partial charge in [0.25, 0.3) is 10.1 Å². The lowest BCUT2D eigenvalue weighted by Crippen LogP contribution is -2.33. The Labute approximate surface area is 176 Å². The number of halogens is 3. The van der Waals surface area contributed by atoms with E-state index >= 15 is 0 Å². The predicted octanol–water partition coefficient (Wildman–Crippen LogP) is 5.91. The Morgan fingerprint density at radius 2 is 1.48 bits per heavy atom. The first-order chi connectivity index (χ1) is 12.6. The van der Waals surface area contributed by atoms with Crippen LogP contribution in [0.25, 0.3) is 0 Å². The molecule has 0 N–H and O–H groups in total. The van der Waals surface area contributed by atoms with E-state index in [2.05, 4.69) is 0 Å². The van der Waals surface area contributed by atoms with Gasteiger partial charge in [0.1, 0.15) is 0 Å². The second kappa shape index (κ2) is 11.4. The van der Waals surface area contributed by atoms with Crippen LogP contribution in [0.3, 0.4) is 0 Å². The van der Waals surface area contributed by atoms with Gasteiger partial charge in [-0.05, 0) is 25.0 Å². The topological polar surface area (TPSA) is 78.9 Å². The third kappa shape index (κ3) is 8.19. The van der Waals surface area contributed by atoms with Crippen LogP contribution in [0.5, 0.6) is 0 Å². The van der Waals surface area contributed by atoms with Crippen molar-refractivity contribution in [1.82, 2.24) is 0 Å². The van der Waals surface area contributed by atoms with Gasteiger partial charge in [-0.25, -0.2) is 4.18 Å². The van der Waals surface area contributed by atoms with Crippen LogP contribution >= 0.6 is 42.4 Å². The first kappa shape index (κ1) is 25.2. The second-order valence-electron chi connectivity index (χ2n) is 5.67. The number of alkyl halides is 3. The first-order valence-electron chi connectivity index (χ1n) is 8.50. The Morgan fingerprint density at radius 3 is 1.89 bits per heavy atom. The smallest absolute Gasteiger partial charge is 0.307 e. The van der Waals surface area contributed by atoms with E-state index in [0.717, 1.165) is 12.8 Å². The highest BCUT2D eigenvalue weighted by atomic mass is 35.6. The summed E-state index contributed by atoms with van der Waals surface area (Å²) in [5.41, 5.74) is 0. The molecular weight excluding hydrogens is 458 g/mol. The first-order valence-corrected chi connectivity index (χ1v) is 12.7. The molecule has 27 heavy (non-hydrogen) atoms. The van der Waals surface area contributed by atoms with Crippen LogP contribution < -0.4 is 0 Å². The lowest BCUT2D eigenvalue weighted by molar-refractivity contribution is 0.153. The fraction of sp³-hybridized carbons (Fsp3) is 0.625. The lowest BCUT2D eigenvalue weighted by Gasteiger charge is -2.30. The Hall–Kier alpha value is 0.150. The van der Waals surface area contributed by atoms with Gasteiger partial charge in [0, 0.05) is 0 Å². The second-order valence-corrected chi connectivity index (χ2v) is 11.7. The predicted molar refractivity (Wildman–Crippen MR) is 108 cm³/mol. The molecule has 6 nitrogen and oxygen atoms in total. The molecule has 0 aromatic heterocycles. The van der Waals surface area contributed by atoms with Gasteiger partial charge >= 0.3 is 7.60 Å². The van der Waals surface area contributed by atoms with Crippen molar-refractivity contribution in [3.63, 3.8) is 0 Å². The zero-order valence-corrected chi connectivity index (χ0v) is 19.1. The largest absolute Gasteiger partial charge is 0.365 e. The summed E-state index contributed by atoms with van der Waals surface area (Å²) in [4.78, 5) is -0.169. The molecule has 0 saturated heterocycles. The molecule has 1 atom stereocenters. The number of rotatable bonds is 12. The molecule has 1 aromatic rings. The van der Waals surface area contributed by atoms with Crippen molar-refractivity contribution >= 4 is 52.5 Å². The normalized spacial score (nSPS) is 14.3. The van der Waals surface area contributed by atoms with Crippen molar-refractivity contribution in [2.24, 2.45) is 0 Å². The maximum atomic E-state index is 13.3. The van der Waals surface area contributed by atoms with E-state index in [1.807, 2.05) is 13.8 Å². The van der Waals surface area contributed by atoms with Gasteiger partial charge in [-0.15, -0.1) is 0 Å². The summed E-state index contributed by atoms with van der Waals surface area (Å²) in [6.07, 6.45) is 2.66. The van der Waals surface area contributed by atoms with E-state index < -0.39 is 27.4 Å². The van der Waals surface area contributed by atoms with Crippen LogP contribution in [0.15, 0.2) is 35.2 Å². The van der Waals surface area contributed by atoms with Crippen LogP contribution in [-0.4, -0.2) is 31.3 Å². The standard InChI is InChI=1S/C16H24Cl3O6PS/c1-3-5-12-23-26(20,24-13-6-4-2)15(16(17,18)19)25-27(21,22)14-10-8-7-9-11-14/h7-11,15H,3-6,12-13H2,1-2H3/t15-/m0/s1. The van der Waals surface area contributed by atoms with Gasteiger partial charge in [-0.2, -0.15) is 8.42 Å². The molecule has 0 heterocycles. The number of hydrogen-bond acceptors (Lipinski definition) is 6. The monoisotopic (exact) mass is 480 g/mol. The van der Waals surface area contributed by atoms with Crippen molar-refractivity contribution in [3.05, 3.63) is 30.3 Å². The van der Waals surface area contributed by atoms with E-state index in [9.17, 15) is 13.0 Å². The van der Waals surface area contributed by atoms with Crippen molar-refractivity contribution in [2.75, 3.05) is 13.2 Å². The van der Waals surface area contributed by atoms with Crippen molar-refractivity contribution < 1.29 is 26.2 Å². The van der Waals surface area contributed by atoms with E-state index in [4.69, 9.17) is 48.0 Å². The van der Waals surface area contributed by atoms with Gasteiger partial charge in [0.15, 0.2) is 0 Å². The zero-order chi connectivity index (χ0) is 20.6. The Kier molecular flexibility index (Phi) is 10.6. The highest BCUT2D eigenvalue weighted by molar-refractivity contribution is 7.87. The molecular formula is C16H24Cl3O6PS. The quantitative estimate of drug-likeness (QED) is 0.160. The van der Waals surface area contributed by atoms with E-state index in [1.165, 1.54) is 24.3 Å². The molecule has 0 saturated carbocycles.